The van der Waals surface area contributed by atoms with E-state index < -0.39 is 0 Å². The van der Waals surface area contributed by atoms with Gasteiger partial charge in [0.05, 0.1) is 0 Å². The summed E-state index contributed by atoms with van der Waals surface area (Å²) < 4.78 is 0. The van der Waals surface area contributed by atoms with Gasteiger partial charge >= 0.3 is 0 Å². The Labute approximate surface area is 97.0 Å². The number of nitrogens with two attached hydrogens (primary N) is 1. The number of imide groups is 1. The molecule has 1 fully saturated rings. The van der Waals surface area contributed by atoms with Crippen LogP contribution in [0.2, 0.25) is 5.54 Å². The maximum absolute atomic E-state index is 11.5. The van der Waals surface area contributed by atoms with Gasteiger partial charge in [-0.15, -0.1) is 0 Å². The predicted molar refractivity (Wildman–Crippen MR) is 61.7 cm³/mol. The molecule has 0 bridgehead atoms. The first-order chi connectivity index (χ1) is 7.56. The van der Waals surface area contributed by atoms with Crippen molar-refractivity contribution in [1.29, 1.82) is 0 Å². The molecule has 1 aliphatic heterocycles. The minimum atomic E-state index is -0.149. The van der Waals surface area contributed by atoms with E-state index in [1.807, 2.05) is 0 Å². The lowest BCUT2D eigenvalue weighted by molar-refractivity contribution is -0.138. The Kier molecular flexibility index (Phi) is 4.63. The van der Waals surface area contributed by atoms with E-state index in [-0.39, 0.29) is 36.2 Å². The van der Waals surface area contributed by atoms with Gasteiger partial charge in [-0.05, 0) is 0 Å². The average molecular weight is 243 g/mol. The van der Waals surface area contributed by atoms with E-state index in [1.54, 1.807) is 0 Å². The molecule has 1 rings (SSSR count). The maximum atomic E-state index is 11.5. The van der Waals surface area contributed by atoms with E-state index >= 15 is 0 Å². The molecule has 0 radical (unpaired) electrons. The highest BCUT2D eigenvalue weighted by atomic mass is 28.1. The lowest BCUT2D eigenvalue weighted by Crippen LogP contribution is -2.38. The van der Waals surface area contributed by atoms with Crippen LogP contribution in [0.5, 0.6) is 0 Å². The highest BCUT2D eigenvalue weighted by molar-refractivity contribution is 6.29. The molecule has 16 heavy (non-hydrogen) atoms. The molecule has 7 heteroatoms. The summed E-state index contributed by atoms with van der Waals surface area (Å²) in [5.41, 5.74) is 5.12. The summed E-state index contributed by atoms with van der Waals surface area (Å²) in [4.78, 5) is 35.2. The van der Waals surface area contributed by atoms with Crippen molar-refractivity contribution in [3.63, 3.8) is 0 Å². The number of likely N-dealkylation sites (tertiary alicyclic amines) is 1. The molecule has 90 valence electrons. The monoisotopic (exact) mass is 243 g/mol. The first-order valence-electron chi connectivity index (χ1n) is 5.37. The summed E-state index contributed by atoms with van der Waals surface area (Å²) in [5, 5.41) is 2.61. The first-order valence-corrected chi connectivity index (χ1v) is 6.52. The van der Waals surface area contributed by atoms with Crippen LogP contribution in [0, 0.1) is 0 Å². The summed E-state index contributed by atoms with van der Waals surface area (Å²) in [7, 11) is 0.704. The SMILES string of the molecule is NCCC(=O)NCCN1C(=O)CC([SiH3])C1=O. The second-order valence-electron chi connectivity index (χ2n) is 3.88. The number of carbonyl (C=O) groups is 3. The molecule has 6 nitrogen and oxygen atoms in total. The Morgan fingerprint density at radius 2 is 2.25 bits per heavy atom. The zero-order valence-electron chi connectivity index (χ0n) is 9.36. The van der Waals surface area contributed by atoms with Crippen molar-refractivity contribution in [2.24, 2.45) is 5.73 Å². The second-order valence-corrected chi connectivity index (χ2v) is 5.27. The van der Waals surface area contributed by atoms with Gasteiger partial charge in [-0.25, -0.2) is 0 Å². The fourth-order valence-electron chi connectivity index (χ4n) is 1.61. The molecular weight excluding hydrogens is 226 g/mol. The van der Waals surface area contributed by atoms with Gasteiger partial charge in [0.25, 0.3) is 0 Å². The molecule has 3 amide bonds. The topological polar surface area (TPSA) is 92.5 Å². The highest BCUT2D eigenvalue weighted by Crippen LogP contribution is 2.20. The smallest absolute Gasteiger partial charge is 0.229 e. The molecule has 0 aromatic heterocycles. The van der Waals surface area contributed by atoms with Crippen molar-refractivity contribution >= 4 is 28.0 Å². The molecule has 1 atom stereocenters. The summed E-state index contributed by atoms with van der Waals surface area (Å²) in [5.74, 6) is -0.369. The Morgan fingerprint density at radius 1 is 1.56 bits per heavy atom. The van der Waals surface area contributed by atoms with Crippen LogP contribution in [0.1, 0.15) is 12.8 Å². The second kappa shape index (κ2) is 5.76. The van der Waals surface area contributed by atoms with Crippen LogP contribution in [0.15, 0.2) is 0 Å². The number of hydrogen-bond donors (Lipinski definition) is 2. The van der Waals surface area contributed by atoms with Crippen LogP contribution in [0.25, 0.3) is 0 Å². The molecular formula is C9H17N3O3Si. The number of rotatable bonds is 5. The molecule has 1 saturated heterocycles. The summed E-state index contributed by atoms with van der Waals surface area (Å²) in [6, 6.07) is 0. The summed E-state index contributed by atoms with van der Waals surface area (Å²) >= 11 is 0. The Balaban J connectivity index is 2.30. The van der Waals surface area contributed by atoms with Crippen molar-refractivity contribution < 1.29 is 14.4 Å². The van der Waals surface area contributed by atoms with Crippen molar-refractivity contribution in [2.75, 3.05) is 19.6 Å². The van der Waals surface area contributed by atoms with Crippen LogP contribution in [0.4, 0.5) is 0 Å². The van der Waals surface area contributed by atoms with Crippen LogP contribution >= 0.6 is 0 Å². The van der Waals surface area contributed by atoms with E-state index in [0.29, 0.717) is 29.8 Å². The van der Waals surface area contributed by atoms with Crippen molar-refractivity contribution in [1.82, 2.24) is 10.2 Å². The van der Waals surface area contributed by atoms with Gasteiger partial charge < -0.3 is 11.1 Å². The lowest BCUT2D eigenvalue weighted by atomic mass is 10.3. The van der Waals surface area contributed by atoms with Crippen molar-refractivity contribution in [3.8, 4) is 0 Å². The van der Waals surface area contributed by atoms with E-state index in [1.165, 1.54) is 4.90 Å². The van der Waals surface area contributed by atoms with E-state index in [9.17, 15) is 14.4 Å². The van der Waals surface area contributed by atoms with Gasteiger partial charge in [-0.3, -0.25) is 19.3 Å². The Morgan fingerprint density at radius 3 is 2.75 bits per heavy atom. The number of amides is 3. The predicted octanol–water partition coefficient (Wildman–Crippen LogP) is -2.64. The number of nitrogens with zero attached hydrogens (tertiary/aromatic N) is 1. The van der Waals surface area contributed by atoms with Gasteiger partial charge in [0.1, 0.15) is 0 Å². The maximum Gasteiger partial charge on any atom is 0.229 e. The molecule has 3 N–H and O–H groups in total. The highest BCUT2D eigenvalue weighted by Gasteiger charge is 2.34. The molecule has 0 aromatic carbocycles. The summed E-state index contributed by atoms with van der Waals surface area (Å²) in [6.07, 6.45) is 0.604. The van der Waals surface area contributed by atoms with Crippen LogP contribution in [-0.2, 0) is 14.4 Å². The quantitative estimate of drug-likeness (QED) is 0.408. The van der Waals surface area contributed by atoms with E-state index in [0.717, 1.165) is 0 Å². The largest absolute Gasteiger partial charge is 0.354 e. The number of hydrogen-bond acceptors (Lipinski definition) is 4. The van der Waals surface area contributed by atoms with Gasteiger partial charge in [-0.1, -0.05) is 0 Å². The van der Waals surface area contributed by atoms with Gasteiger partial charge in [0, 0.05) is 48.3 Å². The zero-order chi connectivity index (χ0) is 12.1. The molecule has 0 aliphatic carbocycles. The molecule has 0 aromatic rings. The third kappa shape index (κ3) is 3.14. The first kappa shape index (κ1) is 12.9. The van der Waals surface area contributed by atoms with Gasteiger partial charge in [0.2, 0.25) is 17.7 Å². The minimum Gasteiger partial charge on any atom is -0.354 e. The van der Waals surface area contributed by atoms with E-state index in [4.69, 9.17) is 5.73 Å². The zero-order valence-corrected chi connectivity index (χ0v) is 11.4. The molecule has 1 heterocycles. The summed E-state index contributed by atoms with van der Waals surface area (Å²) in [6.45, 7) is 0.882. The van der Waals surface area contributed by atoms with Gasteiger partial charge in [0.15, 0.2) is 0 Å². The van der Waals surface area contributed by atoms with Crippen molar-refractivity contribution in [3.05, 3.63) is 0 Å². The molecule has 1 aliphatic rings. The van der Waals surface area contributed by atoms with E-state index in [2.05, 4.69) is 5.32 Å². The Bertz CT molecular complexity index is 308. The lowest BCUT2D eigenvalue weighted by Gasteiger charge is -2.14. The minimum absolute atomic E-state index is 0.0905. The third-order valence-corrected chi connectivity index (χ3v) is 3.40. The van der Waals surface area contributed by atoms with Crippen LogP contribution in [-0.4, -0.2) is 52.5 Å². The molecule has 0 saturated carbocycles. The molecule has 0 spiro atoms. The number of carbonyl (C=O) groups excluding carboxylic acids is 3. The number of nitrogens with one attached hydrogen (secondary N) is 1. The fraction of sp³-hybridized carbons (Fsp3) is 0.667. The fourth-order valence-corrected chi connectivity index (χ4v) is 2.27. The standard InChI is InChI=1S/C9H17N3O3Si/c10-2-1-7(13)11-3-4-12-8(14)5-6(16)9(12)15/h6H,1-5,10H2,16H3,(H,11,13). The Hall–Kier alpha value is -1.21. The normalized spacial score (nSPS) is 20.6. The average Bonchev–Trinajstić information content (AvgIpc) is 2.45. The van der Waals surface area contributed by atoms with Crippen LogP contribution in [0.3, 0.4) is 0 Å². The van der Waals surface area contributed by atoms with Crippen LogP contribution < -0.4 is 11.1 Å². The van der Waals surface area contributed by atoms with Gasteiger partial charge in [-0.2, -0.15) is 0 Å². The van der Waals surface area contributed by atoms with Crippen molar-refractivity contribution in [2.45, 2.75) is 18.4 Å². The third-order valence-electron chi connectivity index (χ3n) is 2.50. The molecule has 1 unspecified atom stereocenters.